The van der Waals surface area contributed by atoms with Crippen LogP contribution in [0.1, 0.15) is 10.8 Å². The SMILES string of the molecule is Cl.NCCOc1cccc2c1S(O)(O)CC2S(=O)(=O)c1ccccc1. The van der Waals surface area contributed by atoms with Gasteiger partial charge in [-0.3, -0.25) is 9.11 Å². The Morgan fingerprint density at radius 2 is 1.80 bits per heavy atom. The zero-order valence-electron chi connectivity index (χ0n) is 13.2. The Morgan fingerprint density at radius 1 is 1.12 bits per heavy atom. The average Bonchev–Trinajstić information content (AvgIpc) is 2.86. The van der Waals surface area contributed by atoms with Crippen LogP contribution in [0.15, 0.2) is 58.3 Å². The molecule has 1 unspecified atom stereocenters. The smallest absolute Gasteiger partial charge is 0.187 e. The third-order valence-corrected chi connectivity index (χ3v) is 8.09. The second kappa shape index (κ2) is 7.53. The van der Waals surface area contributed by atoms with E-state index in [1.807, 2.05) is 0 Å². The molecule has 2 aromatic rings. The lowest BCUT2D eigenvalue weighted by molar-refractivity contribution is 0.318. The zero-order chi connectivity index (χ0) is 17.4. The molecule has 0 aliphatic carbocycles. The molecule has 3 rings (SSSR count). The molecule has 4 N–H and O–H groups in total. The summed E-state index contributed by atoms with van der Waals surface area (Å²) < 4.78 is 52.3. The summed E-state index contributed by atoms with van der Waals surface area (Å²) in [7, 11) is -6.99. The molecule has 0 bridgehead atoms. The first kappa shape index (κ1) is 20.0. The first-order valence-corrected chi connectivity index (χ1v) is 10.6. The summed E-state index contributed by atoms with van der Waals surface area (Å²) in [6, 6.07) is 12.9. The Morgan fingerprint density at radius 3 is 2.44 bits per heavy atom. The lowest BCUT2D eigenvalue weighted by Crippen LogP contribution is -2.15. The Bertz CT molecular complexity index is 843. The molecule has 138 valence electrons. The number of fused-ring (bicyclic) bond motifs is 1. The van der Waals surface area contributed by atoms with Gasteiger partial charge in [-0.05, 0) is 23.8 Å². The molecule has 25 heavy (non-hydrogen) atoms. The molecular formula is C16H20ClNO5S2. The van der Waals surface area contributed by atoms with Gasteiger partial charge in [0.1, 0.15) is 22.5 Å². The first-order chi connectivity index (χ1) is 11.4. The van der Waals surface area contributed by atoms with Crippen molar-refractivity contribution < 1.29 is 22.3 Å². The molecule has 0 saturated heterocycles. The Kier molecular flexibility index (Phi) is 6.03. The van der Waals surface area contributed by atoms with Crippen molar-refractivity contribution >= 4 is 32.8 Å². The summed E-state index contributed by atoms with van der Waals surface area (Å²) in [5.74, 6) is 0.0199. The molecule has 0 fully saturated rings. The number of hydrogen-bond acceptors (Lipinski definition) is 6. The van der Waals surface area contributed by atoms with Gasteiger partial charge < -0.3 is 10.5 Å². The molecule has 1 aliphatic heterocycles. The molecule has 0 radical (unpaired) electrons. The van der Waals surface area contributed by atoms with E-state index in [0.29, 0.717) is 5.56 Å². The first-order valence-electron chi connectivity index (χ1n) is 7.38. The van der Waals surface area contributed by atoms with E-state index in [1.165, 1.54) is 12.1 Å². The highest BCUT2D eigenvalue weighted by molar-refractivity contribution is 8.25. The van der Waals surface area contributed by atoms with Crippen molar-refractivity contribution in [3.8, 4) is 5.75 Å². The van der Waals surface area contributed by atoms with Crippen LogP contribution in [0.3, 0.4) is 0 Å². The van der Waals surface area contributed by atoms with Crippen molar-refractivity contribution in [1.29, 1.82) is 0 Å². The topological polar surface area (TPSA) is 110 Å². The second-order valence-corrected chi connectivity index (χ2v) is 9.70. The fourth-order valence-corrected chi connectivity index (χ4v) is 7.40. The molecular weight excluding hydrogens is 386 g/mol. The summed E-state index contributed by atoms with van der Waals surface area (Å²) in [5, 5.41) is -1.01. The maximum Gasteiger partial charge on any atom is 0.187 e. The van der Waals surface area contributed by atoms with E-state index >= 15 is 0 Å². The van der Waals surface area contributed by atoms with Gasteiger partial charge in [-0.2, -0.15) is 10.6 Å². The van der Waals surface area contributed by atoms with E-state index in [4.69, 9.17) is 10.5 Å². The fourth-order valence-electron chi connectivity index (χ4n) is 2.83. The number of ether oxygens (including phenoxy) is 1. The van der Waals surface area contributed by atoms with Crippen LogP contribution in [0.4, 0.5) is 0 Å². The lowest BCUT2D eigenvalue weighted by atomic mass is 10.1. The third kappa shape index (κ3) is 3.64. The van der Waals surface area contributed by atoms with E-state index in [0.717, 1.165) is 0 Å². The molecule has 0 spiro atoms. The molecule has 9 heteroatoms. The van der Waals surface area contributed by atoms with Crippen LogP contribution in [-0.2, 0) is 9.84 Å². The van der Waals surface area contributed by atoms with E-state index in [1.54, 1.807) is 36.4 Å². The molecule has 2 aromatic carbocycles. The van der Waals surface area contributed by atoms with Crippen molar-refractivity contribution in [2.24, 2.45) is 5.73 Å². The number of halogens is 1. The molecule has 1 atom stereocenters. The van der Waals surface area contributed by atoms with Crippen LogP contribution in [0.5, 0.6) is 5.75 Å². The van der Waals surface area contributed by atoms with Crippen LogP contribution < -0.4 is 10.5 Å². The number of hydrogen-bond donors (Lipinski definition) is 3. The Hall–Kier alpha value is -1.29. The van der Waals surface area contributed by atoms with Crippen LogP contribution in [0.2, 0.25) is 0 Å². The average molecular weight is 406 g/mol. The van der Waals surface area contributed by atoms with Crippen molar-refractivity contribution in [3.63, 3.8) is 0 Å². The second-order valence-electron chi connectivity index (χ2n) is 5.49. The number of sulfone groups is 1. The fraction of sp³-hybridized carbons (Fsp3) is 0.250. The zero-order valence-corrected chi connectivity index (χ0v) is 15.7. The van der Waals surface area contributed by atoms with Gasteiger partial charge >= 0.3 is 0 Å². The highest BCUT2D eigenvalue weighted by atomic mass is 35.5. The highest BCUT2D eigenvalue weighted by Gasteiger charge is 2.44. The normalized spacial score (nSPS) is 19.6. The molecule has 0 amide bonds. The van der Waals surface area contributed by atoms with Crippen LogP contribution in [0, 0.1) is 0 Å². The van der Waals surface area contributed by atoms with Crippen LogP contribution in [0.25, 0.3) is 0 Å². The quantitative estimate of drug-likeness (QED) is 0.705. The molecule has 0 aromatic heterocycles. The standard InChI is InChI=1S/C16H19NO5S2.ClH/c17-9-10-22-14-8-4-7-13-15(11-23(18,19)16(13)14)24(20,21)12-5-2-1-3-6-12;/h1-8,15,18-19H,9-11,17H2;1H. The van der Waals surface area contributed by atoms with Gasteiger partial charge in [0.05, 0.1) is 10.6 Å². The highest BCUT2D eigenvalue weighted by Crippen LogP contribution is 2.64. The minimum atomic E-state index is -3.74. The predicted molar refractivity (Wildman–Crippen MR) is 101 cm³/mol. The maximum absolute atomic E-state index is 12.9. The van der Waals surface area contributed by atoms with Crippen molar-refractivity contribution in [3.05, 3.63) is 54.1 Å². The summed E-state index contributed by atoms with van der Waals surface area (Å²) in [5.41, 5.74) is 5.81. The lowest BCUT2D eigenvalue weighted by Gasteiger charge is -2.29. The Labute approximate surface area is 154 Å². The number of rotatable bonds is 5. The monoisotopic (exact) mass is 405 g/mol. The van der Waals surface area contributed by atoms with Crippen molar-refractivity contribution in [2.45, 2.75) is 15.0 Å². The summed E-state index contributed by atoms with van der Waals surface area (Å²) in [4.78, 5) is 0.342. The van der Waals surface area contributed by atoms with Gasteiger partial charge in [0.25, 0.3) is 0 Å². The Balaban J connectivity index is 0.00000225. The van der Waals surface area contributed by atoms with Gasteiger partial charge in [0.2, 0.25) is 0 Å². The van der Waals surface area contributed by atoms with Crippen molar-refractivity contribution in [2.75, 3.05) is 18.9 Å². The summed E-state index contributed by atoms with van der Waals surface area (Å²) >= 11 is 0. The van der Waals surface area contributed by atoms with Crippen LogP contribution >= 0.6 is 23.0 Å². The minimum Gasteiger partial charge on any atom is -0.490 e. The van der Waals surface area contributed by atoms with Gasteiger partial charge in [-0.15, -0.1) is 12.4 Å². The molecule has 6 nitrogen and oxygen atoms in total. The molecule has 0 saturated carbocycles. The molecule has 1 aliphatic rings. The van der Waals surface area contributed by atoms with Gasteiger partial charge in [0, 0.05) is 6.54 Å². The van der Waals surface area contributed by atoms with Gasteiger partial charge in [-0.25, -0.2) is 8.42 Å². The minimum absolute atomic E-state index is 0. The summed E-state index contributed by atoms with van der Waals surface area (Å²) in [6.07, 6.45) is 0. The van der Waals surface area contributed by atoms with E-state index < -0.39 is 25.7 Å². The largest absolute Gasteiger partial charge is 0.490 e. The molecule has 1 heterocycles. The number of benzene rings is 2. The van der Waals surface area contributed by atoms with E-state index in [-0.39, 0.29) is 46.9 Å². The van der Waals surface area contributed by atoms with Gasteiger partial charge in [-0.1, -0.05) is 30.3 Å². The predicted octanol–water partition coefficient (Wildman–Crippen LogP) is 3.08. The van der Waals surface area contributed by atoms with E-state index in [9.17, 15) is 17.5 Å². The number of nitrogens with two attached hydrogens (primary N) is 1. The summed E-state index contributed by atoms with van der Waals surface area (Å²) in [6.45, 7) is 0.483. The van der Waals surface area contributed by atoms with Crippen molar-refractivity contribution in [1.82, 2.24) is 0 Å². The van der Waals surface area contributed by atoms with E-state index in [2.05, 4.69) is 0 Å². The third-order valence-electron chi connectivity index (χ3n) is 3.89. The van der Waals surface area contributed by atoms with Crippen LogP contribution in [-0.4, -0.2) is 36.4 Å². The van der Waals surface area contributed by atoms with Gasteiger partial charge in [0.15, 0.2) is 9.84 Å². The maximum atomic E-state index is 12.9.